The molecule has 90 valence electrons. The van der Waals surface area contributed by atoms with E-state index in [1.807, 2.05) is 24.3 Å². The van der Waals surface area contributed by atoms with Crippen molar-refractivity contribution in [1.29, 1.82) is 5.26 Å². The summed E-state index contributed by atoms with van der Waals surface area (Å²) in [6.45, 7) is 2.95. The SMILES string of the molecule is CCc1ccccc1CNc1cccc(C#N)c1. The Labute approximate surface area is 108 Å². The molecule has 2 rings (SSSR count). The lowest BCUT2D eigenvalue weighted by Crippen LogP contribution is -2.02. The third-order valence-corrected chi connectivity index (χ3v) is 2.97. The molecule has 0 amide bonds. The topological polar surface area (TPSA) is 35.8 Å². The van der Waals surface area contributed by atoms with Crippen LogP contribution in [0.1, 0.15) is 23.6 Å². The summed E-state index contributed by atoms with van der Waals surface area (Å²) in [5.41, 5.74) is 4.34. The zero-order chi connectivity index (χ0) is 12.8. The van der Waals surface area contributed by atoms with E-state index in [0.29, 0.717) is 5.56 Å². The number of anilines is 1. The molecule has 0 spiro atoms. The van der Waals surface area contributed by atoms with Crippen molar-refractivity contribution in [2.24, 2.45) is 0 Å². The minimum absolute atomic E-state index is 0.684. The van der Waals surface area contributed by atoms with Crippen LogP contribution in [0, 0.1) is 11.3 Å². The Morgan fingerprint density at radius 2 is 1.83 bits per heavy atom. The zero-order valence-electron chi connectivity index (χ0n) is 10.5. The van der Waals surface area contributed by atoms with Gasteiger partial charge in [-0.25, -0.2) is 0 Å². The van der Waals surface area contributed by atoms with E-state index in [0.717, 1.165) is 18.7 Å². The summed E-state index contributed by atoms with van der Waals surface area (Å²) in [4.78, 5) is 0. The minimum Gasteiger partial charge on any atom is -0.381 e. The van der Waals surface area contributed by atoms with Crippen molar-refractivity contribution < 1.29 is 0 Å². The molecule has 2 aromatic carbocycles. The molecule has 0 saturated heterocycles. The van der Waals surface area contributed by atoms with Gasteiger partial charge in [0.05, 0.1) is 11.6 Å². The van der Waals surface area contributed by atoms with E-state index < -0.39 is 0 Å². The molecule has 0 atom stereocenters. The van der Waals surface area contributed by atoms with E-state index in [1.54, 1.807) is 0 Å². The van der Waals surface area contributed by atoms with E-state index in [9.17, 15) is 0 Å². The maximum absolute atomic E-state index is 8.85. The molecule has 18 heavy (non-hydrogen) atoms. The molecular formula is C16H16N2. The van der Waals surface area contributed by atoms with Gasteiger partial charge >= 0.3 is 0 Å². The molecule has 2 aromatic rings. The Morgan fingerprint density at radius 1 is 1.06 bits per heavy atom. The molecule has 0 radical (unpaired) electrons. The van der Waals surface area contributed by atoms with Crippen molar-refractivity contribution >= 4 is 5.69 Å². The first-order valence-electron chi connectivity index (χ1n) is 6.14. The van der Waals surface area contributed by atoms with Gasteiger partial charge in [-0.1, -0.05) is 37.3 Å². The molecule has 2 nitrogen and oxygen atoms in total. The zero-order valence-corrected chi connectivity index (χ0v) is 10.5. The van der Waals surface area contributed by atoms with Gasteiger partial charge in [-0.3, -0.25) is 0 Å². The van der Waals surface area contributed by atoms with Crippen LogP contribution in [0.15, 0.2) is 48.5 Å². The summed E-state index contributed by atoms with van der Waals surface area (Å²) in [6.07, 6.45) is 1.04. The Bertz CT molecular complexity index is 567. The van der Waals surface area contributed by atoms with Crippen LogP contribution in [0.5, 0.6) is 0 Å². The van der Waals surface area contributed by atoms with Crippen molar-refractivity contribution in [3.05, 3.63) is 65.2 Å². The standard InChI is InChI=1S/C16H16N2/c1-2-14-7-3-4-8-15(14)12-18-16-9-5-6-13(10-16)11-17/h3-10,18H,2,12H2,1H3. The highest BCUT2D eigenvalue weighted by Crippen LogP contribution is 2.14. The summed E-state index contributed by atoms with van der Waals surface area (Å²) in [6, 6.07) is 18.1. The number of hydrogen-bond acceptors (Lipinski definition) is 2. The molecule has 0 saturated carbocycles. The van der Waals surface area contributed by atoms with E-state index in [4.69, 9.17) is 5.26 Å². The quantitative estimate of drug-likeness (QED) is 0.878. The second-order valence-corrected chi connectivity index (χ2v) is 4.17. The Hall–Kier alpha value is -2.27. The smallest absolute Gasteiger partial charge is 0.0992 e. The minimum atomic E-state index is 0.684. The predicted octanol–water partition coefficient (Wildman–Crippen LogP) is 3.73. The predicted molar refractivity (Wildman–Crippen MR) is 74.3 cm³/mol. The lowest BCUT2D eigenvalue weighted by molar-refractivity contribution is 1.04. The van der Waals surface area contributed by atoms with Crippen LogP contribution in [0.2, 0.25) is 0 Å². The maximum Gasteiger partial charge on any atom is 0.0992 e. The third-order valence-electron chi connectivity index (χ3n) is 2.97. The monoisotopic (exact) mass is 236 g/mol. The van der Waals surface area contributed by atoms with Crippen molar-refractivity contribution in [2.45, 2.75) is 19.9 Å². The molecule has 0 aliphatic heterocycles. The van der Waals surface area contributed by atoms with Gasteiger partial charge in [0, 0.05) is 12.2 Å². The molecule has 0 unspecified atom stereocenters. The highest BCUT2D eigenvalue weighted by Gasteiger charge is 2.00. The molecule has 2 heteroatoms. The molecule has 0 aliphatic rings. The van der Waals surface area contributed by atoms with Crippen LogP contribution in [0.25, 0.3) is 0 Å². The third kappa shape index (κ3) is 2.89. The fraction of sp³-hybridized carbons (Fsp3) is 0.188. The summed E-state index contributed by atoms with van der Waals surface area (Å²) >= 11 is 0. The van der Waals surface area contributed by atoms with Crippen LogP contribution >= 0.6 is 0 Å². The summed E-state index contributed by atoms with van der Waals surface area (Å²) in [5.74, 6) is 0. The van der Waals surface area contributed by atoms with E-state index in [2.05, 4.69) is 42.6 Å². The Morgan fingerprint density at radius 3 is 2.56 bits per heavy atom. The average Bonchev–Trinajstić information content (AvgIpc) is 2.45. The van der Waals surface area contributed by atoms with Gasteiger partial charge in [0.25, 0.3) is 0 Å². The fourth-order valence-electron chi connectivity index (χ4n) is 1.97. The number of rotatable bonds is 4. The number of benzene rings is 2. The first-order valence-corrected chi connectivity index (χ1v) is 6.14. The Kier molecular flexibility index (Phi) is 3.98. The van der Waals surface area contributed by atoms with Crippen LogP contribution < -0.4 is 5.32 Å². The number of nitriles is 1. The van der Waals surface area contributed by atoms with Crippen molar-refractivity contribution in [3.8, 4) is 6.07 Å². The van der Waals surface area contributed by atoms with Crippen LogP contribution in [-0.4, -0.2) is 0 Å². The van der Waals surface area contributed by atoms with Crippen molar-refractivity contribution in [1.82, 2.24) is 0 Å². The molecule has 0 aliphatic carbocycles. The van der Waals surface area contributed by atoms with Gasteiger partial charge in [-0.15, -0.1) is 0 Å². The van der Waals surface area contributed by atoms with Gasteiger partial charge in [-0.2, -0.15) is 5.26 Å². The van der Waals surface area contributed by atoms with E-state index >= 15 is 0 Å². The van der Waals surface area contributed by atoms with Gasteiger partial charge in [0.1, 0.15) is 0 Å². The normalized spacial score (nSPS) is 9.78. The summed E-state index contributed by atoms with van der Waals surface area (Å²) in [7, 11) is 0. The molecule has 0 bridgehead atoms. The van der Waals surface area contributed by atoms with Crippen molar-refractivity contribution in [3.63, 3.8) is 0 Å². The number of nitrogens with zero attached hydrogens (tertiary/aromatic N) is 1. The van der Waals surface area contributed by atoms with E-state index in [-0.39, 0.29) is 0 Å². The highest BCUT2D eigenvalue weighted by atomic mass is 14.9. The highest BCUT2D eigenvalue weighted by molar-refractivity contribution is 5.49. The second kappa shape index (κ2) is 5.88. The number of nitrogens with one attached hydrogen (secondary N) is 1. The molecule has 0 fully saturated rings. The summed E-state index contributed by atoms with van der Waals surface area (Å²) in [5, 5.41) is 12.2. The fourth-order valence-corrected chi connectivity index (χ4v) is 1.97. The molecule has 0 heterocycles. The lowest BCUT2D eigenvalue weighted by atomic mass is 10.1. The second-order valence-electron chi connectivity index (χ2n) is 4.17. The van der Waals surface area contributed by atoms with Crippen LogP contribution in [-0.2, 0) is 13.0 Å². The van der Waals surface area contributed by atoms with Crippen LogP contribution in [0.3, 0.4) is 0 Å². The van der Waals surface area contributed by atoms with E-state index in [1.165, 1.54) is 11.1 Å². The number of hydrogen-bond donors (Lipinski definition) is 1. The van der Waals surface area contributed by atoms with Gasteiger partial charge in [-0.05, 0) is 35.7 Å². The van der Waals surface area contributed by atoms with Crippen molar-refractivity contribution in [2.75, 3.05) is 5.32 Å². The Balaban J connectivity index is 2.09. The largest absolute Gasteiger partial charge is 0.381 e. The average molecular weight is 236 g/mol. The number of aryl methyl sites for hydroxylation is 1. The summed E-state index contributed by atoms with van der Waals surface area (Å²) < 4.78 is 0. The van der Waals surface area contributed by atoms with Gasteiger partial charge in [0.15, 0.2) is 0 Å². The molecule has 0 aromatic heterocycles. The van der Waals surface area contributed by atoms with Crippen LogP contribution in [0.4, 0.5) is 5.69 Å². The maximum atomic E-state index is 8.85. The lowest BCUT2D eigenvalue weighted by Gasteiger charge is -2.10. The van der Waals surface area contributed by atoms with Gasteiger partial charge in [0.2, 0.25) is 0 Å². The molecular weight excluding hydrogens is 220 g/mol. The molecule has 1 N–H and O–H groups in total. The first kappa shape index (κ1) is 12.2. The first-order chi connectivity index (χ1) is 8.83. The van der Waals surface area contributed by atoms with Gasteiger partial charge < -0.3 is 5.32 Å².